The third kappa shape index (κ3) is 4.31. The smallest absolute Gasteiger partial charge is 0.253 e. The zero-order valence-corrected chi connectivity index (χ0v) is 18.8. The van der Waals surface area contributed by atoms with Gasteiger partial charge in [0.15, 0.2) is 0 Å². The van der Waals surface area contributed by atoms with Crippen molar-refractivity contribution in [2.24, 2.45) is 0 Å². The molecule has 1 aliphatic rings. The number of aryl methyl sites for hydroxylation is 3. The number of carbonyl (C=O) groups excluding carboxylic acids is 1. The van der Waals surface area contributed by atoms with Crippen molar-refractivity contribution < 1.29 is 13.2 Å². The second-order valence-corrected chi connectivity index (χ2v) is 9.90. The molecule has 0 radical (unpaired) electrons. The summed E-state index contributed by atoms with van der Waals surface area (Å²) in [6.45, 7) is 7.25. The second kappa shape index (κ2) is 8.36. The van der Waals surface area contributed by atoms with Crippen LogP contribution in [0.2, 0.25) is 0 Å². The summed E-state index contributed by atoms with van der Waals surface area (Å²) >= 11 is 0. The Kier molecular flexibility index (Phi) is 5.77. The first-order chi connectivity index (χ1) is 14.8. The van der Waals surface area contributed by atoms with Crippen molar-refractivity contribution >= 4 is 27.0 Å². The fourth-order valence-electron chi connectivity index (χ4n) is 3.74. The molecule has 0 bridgehead atoms. The third-order valence-electron chi connectivity index (χ3n) is 5.72. The lowest BCUT2D eigenvalue weighted by molar-refractivity contribution is 0.0764. The molecule has 8 heteroatoms. The Morgan fingerprint density at radius 1 is 0.839 bits per heavy atom. The molecule has 2 aromatic carbocycles. The number of sulfonamides is 1. The summed E-state index contributed by atoms with van der Waals surface area (Å²) in [5.74, 6) is -0.114. The highest BCUT2D eigenvalue weighted by Gasteiger charge is 2.28. The normalized spacial score (nSPS) is 15.8. The van der Waals surface area contributed by atoms with Gasteiger partial charge in [-0.05, 0) is 57.5 Å². The Balaban J connectivity index is 1.52. The van der Waals surface area contributed by atoms with Crippen molar-refractivity contribution in [2.75, 3.05) is 26.2 Å². The van der Waals surface area contributed by atoms with Crippen LogP contribution in [0, 0.1) is 20.8 Å². The van der Waals surface area contributed by atoms with Gasteiger partial charge in [-0.25, -0.2) is 18.4 Å². The van der Waals surface area contributed by atoms with Crippen LogP contribution < -0.4 is 0 Å². The van der Waals surface area contributed by atoms with Crippen molar-refractivity contribution in [1.29, 1.82) is 0 Å². The molecule has 0 N–H and O–H groups in total. The molecule has 0 atom stereocenters. The molecule has 1 saturated heterocycles. The molecule has 7 nitrogen and oxygen atoms in total. The van der Waals surface area contributed by atoms with Crippen LogP contribution in [0.15, 0.2) is 47.4 Å². The Labute approximate surface area is 182 Å². The van der Waals surface area contributed by atoms with E-state index in [2.05, 4.69) is 9.97 Å². The first kappa shape index (κ1) is 21.4. The molecule has 3 aromatic rings. The van der Waals surface area contributed by atoms with Gasteiger partial charge in [0.1, 0.15) is 0 Å². The number of amides is 1. The van der Waals surface area contributed by atoms with Crippen molar-refractivity contribution in [3.8, 4) is 0 Å². The molecule has 0 aliphatic carbocycles. The third-order valence-corrected chi connectivity index (χ3v) is 7.64. The molecule has 1 aromatic heterocycles. The van der Waals surface area contributed by atoms with E-state index in [-0.39, 0.29) is 17.3 Å². The van der Waals surface area contributed by atoms with E-state index in [9.17, 15) is 13.2 Å². The minimum absolute atomic E-state index is 0.114. The number of nitrogens with zero attached hydrogens (tertiary/aromatic N) is 4. The first-order valence-electron chi connectivity index (χ1n) is 10.4. The summed E-state index contributed by atoms with van der Waals surface area (Å²) < 4.78 is 27.5. The van der Waals surface area contributed by atoms with E-state index < -0.39 is 10.0 Å². The van der Waals surface area contributed by atoms with E-state index in [1.807, 2.05) is 26.8 Å². The van der Waals surface area contributed by atoms with Gasteiger partial charge in [-0.1, -0.05) is 17.7 Å². The molecular weight excluding hydrogens is 412 g/mol. The number of carbonyl (C=O) groups is 1. The Bertz CT molecular complexity index is 1240. The van der Waals surface area contributed by atoms with Crippen molar-refractivity contribution in [2.45, 2.75) is 32.1 Å². The van der Waals surface area contributed by atoms with Gasteiger partial charge in [0.25, 0.3) is 5.91 Å². The molecule has 31 heavy (non-hydrogen) atoms. The number of rotatable bonds is 3. The highest BCUT2D eigenvalue weighted by molar-refractivity contribution is 7.89. The molecule has 1 aliphatic heterocycles. The second-order valence-electron chi connectivity index (χ2n) is 7.96. The van der Waals surface area contributed by atoms with E-state index in [4.69, 9.17) is 0 Å². The van der Waals surface area contributed by atoms with Crippen LogP contribution >= 0.6 is 0 Å². The summed E-state index contributed by atoms with van der Waals surface area (Å²) in [6, 6.07) is 12.2. The highest BCUT2D eigenvalue weighted by Crippen LogP contribution is 2.20. The van der Waals surface area contributed by atoms with Crippen molar-refractivity contribution in [1.82, 2.24) is 19.2 Å². The molecule has 0 saturated carbocycles. The average molecular weight is 439 g/mol. The fourth-order valence-corrected chi connectivity index (χ4v) is 5.21. The largest absolute Gasteiger partial charge is 0.337 e. The van der Waals surface area contributed by atoms with Crippen molar-refractivity contribution in [3.05, 3.63) is 65.0 Å². The van der Waals surface area contributed by atoms with Gasteiger partial charge in [-0.2, -0.15) is 4.31 Å². The minimum atomic E-state index is -3.58. The van der Waals surface area contributed by atoms with Crippen LogP contribution in [-0.2, 0) is 10.0 Å². The number of aromatic nitrogens is 2. The number of hydrogen-bond donors (Lipinski definition) is 0. The van der Waals surface area contributed by atoms with Gasteiger partial charge < -0.3 is 4.90 Å². The SMILES string of the molecule is Cc1ccc(S(=O)(=O)N2CCCN(C(=O)c3ccc4nc(C)c(C)nc4c3)CC2)cc1. The average Bonchev–Trinajstić information content (AvgIpc) is 3.01. The maximum Gasteiger partial charge on any atom is 0.253 e. The molecule has 0 spiro atoms. The Morgan fingerprint density at radius 2 is 1.52 bits per heavy atom. The number of hydrogen-bond acceptors (Lipinski definition) is 5. The zero-order valence-electron chi connectivity index (χ0n) is 18.0. The Morgan fingerprint density at radius 3 is 2.23 bits per heavy atom. The van der Waals surface area contributed by atoms with Gasteiger partial charge in [-0.3, -0.25) is 4.79 Å². The predicted molar refractivity (Wildman–Crippen MR) is 119 cm³/mol. The maximum atomic E-state index is 13.1. The quantitative estimate of drug-likeness (QED) is 0.628. The van der Waals surface area contributed by atoms with Gasteiger partial charge in [0.05, 0.1) is 27.3 Å². The summed E-state index contributed by atoms with van der Waals surface area (Å²) in [6.07, 6.45) is 0.586. The van der Waals surface area contributed by atoms with E-state index in [1.165, 1.54) is 4.31 Å². The summed E-state index contributed by atoms with van der Waals surface area (Å²) in [5, 5.41) is 0. The lowest BCUT2D eigenvalue weighted by Gasteiger charge is -2.22. The molecule has 2 heterocycles. The number of fused-ring (bicyclic) bond motifs is 1. The summed E-state index contributed by atoms with van der Waals surface area (Å²) in [7, 11) is -3.58. The van der Waals surface area contributed by atoms with Crippen molar-refractivity contribution in [3.63, 3.8) is 0 Å². The van der Waals surface area contributed by atoms with Crippen LogP contribution in [0.4, 0.5) is 0 Å². The van der Waals surface area contributed by atoms with Gasteiger partial charge in [0, 0.05) is 31.7 Å². The lowest BCUT2D eigenvalue weighted by Crippen LogP contribution is -2.37. The highest BCUT2D eigenvalue weighted by atomic mass is 32.2. The summed E-state index contributed by atoms with van der Waals surface area (Å²) in [5.41, 5.74) is 4.70. The molecule has 162 valence electrons. The molecular formula is C23H26N4O3S. The predicted octanol–water partition coefficient (Wildman–Crippen LogP) is 3.09. The van der Waals surface area contributed by atoms with E-state index in [1.54, 1.807) is 41.3 Å². The van der Waals surface area contributed by atoms with Gasteiger partial charge in [-0.15, -0.1) is 0 Å². The first-order valence-corrected chi connectivity index (χ1v) is 11.8. The van der Waals surface area contributed by atoms with Gasteiger partial charge in [0.2, 0.25) is 10.0 Å². The Hall–Kier alpha value is -2.84. The minimum Gasteiger partial charge on any atom is -0.337 e. The van der Waals surface area contributed by atoms with E-state index >= 15 is 0 Å². The summed E-state index contributed by atoms with van der Waals surface area (Å²) in [4.78, 5) is 24.2. The van der Waals surface area contributed by atoms with E-state index in [0.717, 1.165) is 22.5 Å². The molecule has 0 unspecified atom stereocenters. The van der Waals surface area contributed by atoms with Crippen LogP contribution in [-0.4, -0.2) is 59.7 Å². The fraction of sp³-hybridized carbons (Fsp3) is 0.348. The zero-order chi connectivity index (χ0) is 22.2. The lowest BCUT2D eigenvalue weighted by atomic mass is 10.1. The van der Waals surface area contributed by atoms with Crippen LogP contribution in [0.3, 0.4) is 0 Å². The number of benzene rings is 2. The van der Waals surface area contributed by atoms with Crippen LogP contribution in [0.1, 0.15) is 33.7 Å². The van der Waals surface area contributed by atoms with Crippen LogP contribution in [0.25, 0.3) is 11.0 Å². The molecule has 1 amide bonds. The van der Waals surface area contributed by atoms with E-state index in [0.29, 0.717) is 37.1 Å². The standard InChI is InChI=1S/C23H26N4O3S/c1-16-5-8-20(9-6-16)31(29,30)27-12-4-11-26(13-14-27)23(28)19-7-10-21-22(15-19)25-18(3)17(2)24-21/h5-10,15H,4,11-14H2,1-3H3. The maximum absolute atomic E-state index is 13.1. The monoisotopic (exact) mass is 438 g/mol. The molecule has 4 rings (SSSR count). The van der Waals surface area contributed by atoms with Gasteiger partial charge >= 0.3 is 0 Å². The topological polar surface area (TPSA) is 83.5 Å². The molecule has 1 fully saturated rings. The van der Waals surface area contributed by atoms with Crippen LogP contribution in [0.5, 0.6) is 0 Å².